The Labute approximate surface area is 165 Å². The van der Waals surface area contributed by atoms with E-state index in [0.29, 0.717) is 5.13 Å². The van der Waals surface area contributed by atoms with Crippen LogP contribution in [-0.2, 0) is 27.8 Å². The minimum absolute atomic E-state index is 0.0111. The monoisotopic (exact) mass is 417 g/mol. The number of hydrogen-bond acceptors (Lipinski definition) is 5. The predicted molar refractivity (Wildman–Crippen MR) is 104 cm³/mol. The molecule has 2 heterocycles. The Bertz CT molecular complexity index is 1120. The first-order chi connectivity index (χ1) is 13.5. The Morgan fingerprint density at radius 1 is 1.14 bits per heavy atom. The van der Waals surface area contributed by atoms with Gasteiger partial charge in [-0.25, -0.2) is 17.8 Å². The smallest absolute Gasteiger partial charge is 0.247 e. The summed E-state index contributed by atoms with van der Waals surface area (Å²) in [7, 11) is -4.23. The Hall–Kier alpha value is -2.62. The van der Waals surface area contributed by atoms with Gasteiger partial charge in [0.1, 0.15) is 16.8 Å². The van der Waals surface area contributed by atoms with Gasteiger partial charge in [0.2, 0.25) is 15.9 Å². The van der Waals surface area contributed by atoms with Gasteiger partial charge in [-0.2, -0.15) is 4.31 Å². The average Bonchev–Trinajstić information content (AvgIpc) is 3.20. The van der Waals surface area contributed by atoms with Crippen molar-refractivity contribution in [3.63, 3.8) is 0 Å². The van der Waals surface area contributed by atoms with Crippen LogP contribution in [0.25, 0.3) is 0 Å². The quantitative estimate of drug-likeness (QED) is 0.708. The molecule has 0 saturated heterocycles. The third kappa shape index (κ3) is 3.44. The second-order valence-electron chi connectivity index (χ2n) is 6.30. The van der Waals surface area contributed by atoms with Crippen molar-refractivity contribution in [2.24, 2.45) is 0 Å². The van der Waals surface area contributed by atoms with Crippen LogP contribution in [0, 0.1) is 5.82 Å². The molecule has 28 heavy (non-hydrogen) atoms. The number of carbonyl (C=O) groups excluding carboxylic acids is 1. The van der Waals surface area contributed by atoms with Gasteiger partial charge in [0, 0.05) is 18.1 Å². The number of nitrogens with one attached hydrogen (secondary N) is 1. The van der Waals surface area contributed by atoms with Crippen LogP contribution in [0.3, 0.4) is 0 Å². The maximum Gasteiger partial charge on any atom is 0.247 e. The largest absolute Gasteiger partial charge is 0.301 e. The molecule has 1 N–H and O–H groups in total. The zero-order valence-electron chi connectivity index (χ0n) is 14.6. The zero-order valence-corrected chi connectivity index (χ0v) is 16.2. The summed E-state index contributed by atoms with van der Waals surface area (Å²) in [6.07, 6.45) is 1.74. The second kappa shape index (κ2) is 7.42. The van der Waals surface area contributed by atoms with Gasteiger partial charge >= 0.3 is 0 Å². The number of anilines is 1. The first-order valence-electron chi connectivity index (χ1n) is 8.50. The fourth-order valence-corrected chi connectivity index (χ4v) is 5.39. The number of benzene rings is 2. The third-order valence-corrected chi connectivity index (χ3v) is 7.17. The number of nitrogens with zero attached hydrogens (tertiary/aromatic N) is 2. The highest BCUT2D eigenvalue weighted by atomic mass is 32.2. The molecule has 0 fully saturated rings. The molecule has 0 spiro atoms. The second-order valence-corrected chi connectivity index (χ2v) is 9.05. The summed E-state index contributed by atoms with van der Waals surface area (Å²) in [5.74, 6) is -1.34. The molecule has 0 bridgehead atoms. The number of thiazole rings is 1. The molecule has 1 unspecified atom stereocenters. The van der Waals surface area contributed by atoms with E-state index in [0.717, 1.165) is 21.5 Å². The number of aromatic nitrogens is 1. The van der Waals surface area contributed by atoms with Gasteiger partial charge in [0.15, 0.2) is 5.13 Å². The summed E-state index contributed by atoms with van der Waals surface area (Å²) in [5.41, 5.74) is 1.68. The van der Waals surface area contributed by atoms with Crippen LogP contribution in [0.4, 0.5) is 9.52 Å². The standard InChI is InChI=1S/C19H16FN3O3S2/c20-15-7-3-4-8-17(15)28(25,26)23-12-14-6-2-1-5-13(14)11-16(23)18(24)22-19-21-9-10-27-19/h1-10,16H,11-12H2,(H,21,22,24). The van der Waals surface area contributed by atoms with Gasteiger partial charge in [0.25, 0.3) is 0 Å². The van der Waals surface area contributed by atoms with Gasteiger partial charge in [-0.15, -0.1) is 11.3 Å². The molecule has 3 aromatic rings. The number of sulfonamides is 1. The summed E-state index contributed by atoms with van der Waals surface area (Å²) in [5, 5.41) is 4.75. The van der Waals surface area contributed by atoms with Crippen LogP contribution >= 0.6 is 11.3 Å². The highest BCUT2D eigenvalue weighted by molar-refractivity contribution is 7.89. The number of amides is 1. The molecule has 2 aromatic carbocycles. The molecule has 1 amide bonds. The van der Waals surface area contributed by atoms with E-state index in [1.54, 1.807) is 11.6 Å². The van der Waals surface area contributed by atoms with E-state index >= 15 is 0 Å². The Kier molecular flexibility index (Phi) is 4.96. The SMILES string of the molecule is O=C(Nc1nccs1)C1Cc2ccccc2CN1S(=O)(=O)c1ccccc1F. The van der Waals surface area contributed by atoms with Crippen molar-refractivity contribution in [1.29, 1.82) is 0 Å². The van der Waals surface area contributed by atoms with Gasteiger partial charge in [-0.05, 0) is 29.7 Å². The van der Waals surface area contributed by atoms with Crippen molar-refractivity contribution in [1.82, 2.24) is 9.29 Å². The number of carbonyl (C=O) groups is 1. The van der Waals surface area contributed by atoms with Gasteiger partial charge in [-0.1, -0.05) is 36.4 Å². The van der Waals surface area contributed by atoms with Crippen molar-refractivity contribution in [2.45, 2.75) is 23.9 Å². The average molecular weight is 417 g/mol. The van der Waals surface area contributed by atoms with E-state index in [1.165, 1.54) is 29.5 Å². The minimum atomic E-state index is -4.23. The Morgan fingerprint density at radius 2 is 1.86 bits per heavy atom. The maximum atomic E-state index is 14.3. The summed E-state index contributed by atoms with van der Waals surface area (Å²) in [6, 6.07) is 11.5. The third-order valence-electron chi connectivity index (χ3n) is 4.59. The maximum absolute atomic E-state index is 14.3. The molecule has 6 nitrogen and oxygen atoms in total. The number of hydrogen-bond donors (Lipinski definition) is 1. The lowest BCUT2D eigenvalue weighted by Gasteiger charge is -2.34. The van der Waals surface area contributed by atoms with Crippen LogP contribution in [0.15, 0.2) is 65.0 Å². The van der Waals surface area contributed by atoms with E-state index in [4.69, 9.17) is 0 Å². The van der Waals surface area contributed by atoms with Crippen molar-refractivity contribution in [2.75, 3.05) is 5.32 Å². The number of fused-ring (bicyclic) bond motifs is 1. The predicted octanol–water partition coefficient (Wildman–Crippen LogP) is 3.04. The lowest BCUT2D eigenvalue weighted by Crippen LogP contribution is -2.50. The molecular weight excluding hydrogens is 401 g/mol. The molecule has 1 aliphatic heterocycles. The summed E-state index contributed by atoms with van der Waals surface area (Å²) in [4.78, 5) is 16.5. The summed E-state index contributed by atoms with van der Waals surface area (Å²) < 4.78 is 41.8. The normalized spacial score (nSPS) is 17.1. The summed E-state index contributed by atoms with van der Waals surface area (Å²) >= 11 is 1.24. The molecule has 9 heteroatoms. The molecule has 0 radical (unpaired) electrons. The molecule has 144 valence electrons. The number of rotatable bonds is 4. The first kappa shape index (κ1) is 18.7. The fraction of sp³-hybridized carbons (Fsp3) is 0.158. The van der Waals surface area contributed by atoms with E-state index in [-0.39, 0.29) is 13.0 Å². The van der Waals surface area contributed by atoms with Gasteiger partial charge < -0.3 is 5.32 Å². The number of halogens is 1. The van der Waals surface area contributed by atoms with E-state index in [1.807, 2.05) is 24.3 Å². The first-order valence-corrected chi connectivity index (χ1v) is 10.8. The molecule has 1 aliphatic rings. The highest BCUT2D eigenvalue weighted by Crippen LogP contribution is 2.30. The van der Waals surface area contributed by atoms with Crippen molar-refractivity contribution < 1.29 is 17.6 Å². The lowest BCUT2D eigenvalue weighted by molar-refractivity contribution is -0.120. The van der Waals surface area contributed by atoms with E-state index in [9.17, 15) is 17.6 Å². The van der Waals surface area contributed by atoms with Crippen molar-refractivity contribution in [3.8, 4) is 0 Å². The van der Waals surface area contributed by atoms with E-state index < -0.39 is 32.7 Å². The molecule has 1 atom stereocenters. The van der Waals surface area contributed by atoms with Gasteiger partial charge in [-0.3, -0.25) is 4.79 Å². The lowest BCUT2D eigenvalue weighted by atomic mass is 9.95. The fourth-order valence-electron chi connectivity index (χ4n) is 3.23. The van der Waals surface area contributed by atoms with Crippen molar-refractivity contribution in [3.05, 3.63) is 77.1 Å². The molecule has 0 saturated carbocycles. The van der Waals surface area contributed by atoms with Crippen LogP contribution in [0.5, 0.6) is 0 Å². The van der Waals surface area contributed by atoms with Crippen LogP contribution in [0.2, 0.25) is 0 Å². The Morgan fingerprint density at radius 3 is 2.57 bits per heavy atom. The molecular formula is C19H16FN3O3S2. The van der Waals surface area contributed by atoms with Crippen LogP contribution in [-0.4, -0.2) is 29.7 Å². The minimum Gasteiger partial charge on any atom is -0.301 e. The highest BCUT2D eigenvalue weighted by Gasteiger charge is 2.40. The van der Waals surface area contributed by atoms with Crippen LogP contribution < -0.4 is 5.32 Å². The molecule has 4 rings (SSSR count). The Balaban J connectivity index is 1.75. The zero-order chi connectivity index (χ0) is 19.7. The molecule has 0 aliphatic carbocycles. The van der Waals surface area contributed by atoms with E-state index in [2.05, 4.69) is 10.3 Å². The van der Waals surface area contributed by atoms with Crippen molar-refractivity contribution >= 4 is 32.4 Å². The summed E-state index contributed by atoms with van der Waals surface area (Å²) in [6.45, 7) is -0.0111. The van der Waals surface area contributed by atoms with Crippen LogP contribution in [0.1, 0.15) is 11.1 Å². The topological polar surface area (TPSA) is 79.4 Å². The molecule has 1 aromatic heterocycles. The van der Waals surface area contributed by atoms with Gasteiger partial charge in [0.05, 0.1) is 0 Å².